The summed E-state index contributed by atoms with van der Waals surface area (Å²) in [5.74, 6) is -4.44. The minimum Gasteiger partial charge on any atom is -0.481 e. The van der Waals surface area contributed by atoms with Gasteiger partial charge in [-0.15, -0.1) is 0 Å². The number of halogens is 1. The highest BCUT2D eigenvalue weighted by Crippen LogP contribution is 2.04. The number of rotatable bonds is 15. The zero-order valence-electron chi connectivity index (χ0n) is 26.3. The molecule has 0 aliphatic rings. The van der Waals surface area contributed by atoms with Gasteiger partial charge in [-0.25, -0.2) is 9.59 Å². The van der Waals surface area contributed by atoms with Gasteiger partial charge in [-0.3, -0.25) is 28.8 Å². The van der Waals surface area contributed by atoms with Crippen LogP contribution in [0.5, 0.6) is 0 Å². The average Bonchev–Trinajstić information content (AvgIpc) is 2.85. The molecule has 0 rings (SSSR count). The van der Waals surface area contributed by atoms with E-state index in [0.29, 0.717) is 6.61 Å². The van der Waals surface area contributed by atoms with Gasteiger partial charge in [0, 0.05) is 34.6 Å². The van der Waals surface area contributed by atoms with E-state index >= 15 is 0 Å². The fraction of sp³-hybridized carbons (Fsp3) is 0.704. The van der Waals surface area contributed by atoms with E-state index < -0.39 is 72.6 Å². The minimum absolute atomic E-state index is 0. The van der Waals surface area contributed by atoms with Crippen LogP contribution < -0.4 is 0 Å². The molecule has 0 saturated heterocycles. The first-order chi connectivity index (χ1) is 20.8. The van der Waals surface area contributed by atoms with Gasteiger partial charge >= 0.3 is 48.1 Å². The van der Waals surface area contributed by atoms with Gasteiger partial charge in [0.25, 0.3) is 0 Å². The molecular weight excluding hydrogens is 648 g/mol. The number of carbonyl (C=O) groups excluding carboxylic acids is 7. The van der Waals surface area contributed by atoms with Gasteiger partial charge < -0.3 is 47.7 Å². The maximum Gasteiger partial charge on any atom is 0.511 e. The maximum absolute atomic E-state index is 11.4. The van der Waals surface area contributed by atoms with Crippen LogP contribution in [-0.4, -0.2) is 90.9 Å². The molecule has 4 unspecified atom stereocenters. The van der Waals surface area contributed by atoms with Gasteiger partial charge in [0.05, 0.1) is 38.9 Å². The molecule has 0 aliphatic carbocycles. The highest BCUT2D eigenvalue weighted by atomic mass is 35.5. The molecule has 0 bridgehead atoms. The number of ether oxygens (including phenoxy) is 9. The molecule has 18 nitrogen and oxygen atoms in total. The van der Waals surface area contributed by atoms with Crippen LogP contribution in [0.4, 0.5) is 9.59 Å². The van der Waals surface area contributed by atoms with Gasteiger partial charge in [-0.05, 0) is 20.8 Å². The van der Waals surface area contributed by atoms with Gasteiger partial charge in [-0.2, -0.15) is 0 Å². The SMILES string of the molecule is C.CC(=O)OC(C)OC(=O)CCC(=O)O.CCOC(=O)OC(C)Cl.CCOC(=O)OC(C)OC(=O)CCC(=O)OC(C)OC(C)=O. The number of alkyl halides is 1. The Morgan fingerprint density at radius 3 is 1.13 bits per heavy atom. The Morgan fingerprint density at radius 2 is 0.848 bits per heavy atom. The lowest BCUT2D eigenvalue weighted by Crippen LogP contribution is -2.24. The van der Waals surface area contributed by atoms with E-state index in [0.717, 1.165) is 0 Å². The lowest BCUT2D eigenvalue weighted by Gasteiger charge is -2.14. The summed E-state index contributed by atoms with van der Waals surface area (Å²) in [5, 5.41) is 8.25. The standard InChI is InChI=1S/C13H20O9.C8H12O6.C5H9ClO3.CH4/c1-5-18-13(17)22-10(4)21-12(16)7-6-11(15)20-9(3)19-8(2)14;1-5(9)13-6(2)14-8(12)4-3-7(10)11;1-3-8-5(7)9-4(2)6;/h9-10H,5-7H2,1-4H3;6H,3-4H2,1-2H3,(H,10,11);4H,3H2,1-2H3;1H4. The first-order valence-electron chi connectivity index (χ1n) is 13.3. The molecule has 0 spiro atoms. The van der Waals surface area contributed by atoms with Crippen molar-refractivity contribution in [1.82, 2.24) is 0 Å². The van der Waals surface area contributed by atoms with Crippen molar-refractivity contribution in [2.24, 2.45) is 0 Å². The van der Waals surface area contributed by atoms with Crippen molar-refractivity contribution >= 4 is 59.7 Å². The van der Waals surface area contributed by atoms with Crippen molar-refractivity contribution in [3.05, 3.63) is 0 Å². The molecule has 0 amide bonds. The summed E-state index contributed by atoms with van der Waals surface area (Å²) in [7, 11) is 0. The maximum atomic E-state index is 11.4. The van der Waals surface area contributed by atoms with Crippen LogP contribution in [0.2, 0.25) is 0 Å². The van der Waals surface area contributed by atoms with E-state index in [1.807, 2.05) is 0 Å². The van der Waals surface area contributed by atoms with Crippen molar-refractivity contribution in [2.45, 2.75) is 113 Å². The second-order valence-corrected chi connectivity index (χ2v) is 8.54. The number of hydrogen-bond donors (Lipinski definition) is 1. The summed E-state index contributed by atoms with van der Waals surface area (Å²) in [6, 6.07) is 0. The number of carboxylic acid groups (broad SMARTS) is 1. The average molecular weight is 693 g/mol. The van der Waals surface area contributed by atoms with Crippen LogP contribution in [0.1, 0.15) is 88.5 Å². The Balaban J connectivity index is -0.000000314. The summed E-state index contributed by atoms with van der Waals surface area (Å²) >= 11 is 5.29. The van der Waals surface area contributed by atoms with Crippen LogP contribution in [0.3, 0.4) is 0 Å². The summed E-state index contributed by atoms with van der Waals surface area (Å²) in [6.07, 6.45) is -5.91. The van der Waals surface area contributed by atoms with Gasteiger partial charge in [0.15, 0.2) is 5.56 Å². The Bertz CT molecular complexity index is 951. The number of carboxylic acids is 1. The minimum atomic E-state index is -1.14. The van der Waals surface area contributed by atoms with Crippen LogP contribution in [0.15, 0.2) is 0 Å². The summed E-state index contributed by atoms with van der Waals surface area (Å²) in [4.78, 5) is 86.0. The Labute approximate surface area is 272 Å². The number of carbonyl (C=O) groups is 8. The predicted molar refractivity (Wildman–Crippen MR) is 155 cm³/mol. The van der Waals surface area contributed by atoms with Gasteiger partial charge in [0.1, 0.15) is 0 Å². The molecule has 0 saturated carbocycles. The van der Waals surface area contributed by atoms with Gasteiger partial charge in [0.2, 0.25) is 18.9 Å². The third kappa shape index (κ3) is 37.7. The highest BCUT2D eigenvalue weighted by Gasteiger charge is 2.18. The molecule has 4 atom stereocenters. The first kappa shape index (κ1) is 48.6. The zero-order valence-corrected chi connectivity index (χ0v) is 27.1. The van der Waals surface area contributed by atoms with Crippen molar-refractivity contribution in [2.75, 3.05) is 13.2 Å². The summed E-state index contributed by atoms with van der Waals surface area (Å²) in [6.45, 7) is 11.7. The number of esters is 5. The third-order valence-electron chi connectivity index (χ3n) is 3.68. The van der Waals surface area contributed by atoms with E-state index in [9.17, 15) is 38.4 Å². The van der Waals surface area contributed by atoms with E-state index in [1.165, 1.54) is 34.6 Å². The van der Waals surface area contributed by atoms with Crippen molar-refractivity contribution in [1.29, 1.82) is 0 Å². The van der Waals surface area contributed by atoms with E-state index in [2.05, 4.69) is 33.2 Å². The molecule has 0 aromatic carbocycles. The Hall–Kier alpha value is -4.35. The number of aliphatic carboxylic acids is 1. The van der Waals surface area contributed by atoms with E-state index in [4.69, 9.17) is 26.2 Å². The fourth-order valence-corrected chi connectivity index (χ4v) is 2.33. The smallest absolute Gasteiger partial charge is 0.481 e. The topological polar surface area (TPSA) is 240 Å². The molecular formula is C27H45ClO18. The van der Waals surface area contributed by atoms with Gasteiger partial charge in [-0.1, -0.05) is 19.0 Å². The lowest BCUT2D eigenvalue weighted by atomic mass is 10.3. The summed E-state index contributed by atoms with van der Waals surface area (Å²) < 4.78 is 41.0. The Morgan fingerprint density at radius 1 is 0.543 bits per heavy atom. The lowest BCUT2D eigenvalue weighted by molar-refractivity contribution is -0.185. The Kier molecular flexibility index (Phi) is 31.0. The molecule has 19 heteroatoms. The normalized spacial score (nSPS) is 11.9. The molecule has 0 aromatic heterocycles. The van der Waals surface area contributed by atoms with Crippen molar-refractivity contribution in [3.63, 3.8) is 0 Å². The van der Waals surface area contributed by atoms with Crippen molar-refractivity contribution in [3.8, 4) is 0 Å². The molecule has 0 radical (unpaired) electrons. The molecule has 0 aliphatic heterocycles. The second kappa shape index (κ2) is 29.4. The molecule has 1 N–H and O–H groups in total. The fourth-order valence-electron chi connectivity index (χ4n) is 2.26. The molecule has 268 valence electrons. The van der Waals surface area contributed by atoms with Crippen LogP contribution in [0.25, 0.3) is 0 Å². The molecule has 46 heavy (non-hydrogen) atoms. The second-order valence-electron chi connectivity index (χ2n) is 7.93. The zero-order chi connectivity index (χ0) is 35.5. The molecule has 0 aromatic rings. The predicted octanol–water partition coefficient (Wildman–Crippen LogP) is 3.97. The first-order valence-corrected chi connectivity index (χ1v) is 13.7. The molecule has 0 fully saturated rings. The highest BCUT2D eigenvalue weighted by molar-refractivity contribution is 6.19. The van der Waals surface area contributed by atoms with Crippen molar-refractivity contribution < 1.29 is 86.1 Å². The monoisotopic (exact) mass is 692 g/mol. The quantitative estimate of drug-likeness (QED) is 0.110. The van der Waals surface area contributed by atoms with Crippen LogP contribution in [0, 0.1) is 0 Å². The van der Waals surface area contributed by atoms with E-state index in [-0.39, 0.29) is 39.7 Å². The van der Waals surface area contributed by atoms with Crippen LogP contribution in [-0.2, 0) is 71.4 Å². The largest absolute Gasteiger partial charge is 0.511 e. The number of hydrogen-bond acceptors (Lipinski definition) is 17. The third-order valence-corrected chi connectivity index (χ3v) is 3.77. The van der Waals surface area contributed by atoms with E-state index in [1.54, 1.807) is 20.8 Å². The van der Waals surface area contributed by atoms with Crippen LogP contribution >= 0.6 is 11.6 Å². The molecule has 0 heterocycles. The summed E-state index contributed by atoms with van der Waals surface area (Å²) in [5.41, 5.74) is -0.621.